The van der Waals surface area contributed by atoms with Gasteiger partial charge < -0.3 is 4.55 Å². The average molecular weight is 481 g/mol. The Morgan fingerprint density at radius 1 is 0.935 bits per heavy atom. The maximum absolute atomic E-state index is 11.8. The third-order valence-corrected chi connectivity index (χ3v) is 7.55. The Kier molecular flexibility index (Phi) is 15.6. The van der Waals surface area contributed by atoms with Gasteiger partial charge in [0.05, 0.1) is 0 Å². The predicted molar refractivity (Wildman–Crippen MR) is 122 cm³/mol. The molecule has 0 radical (unpaired) electrons. The van der Waals surface area contributed by atoms with E-state index in [1.807, 2.05) is 0 Å². The zero-order valence-electron chi connectivity index (χ0n) is 19.3. The summed E-state index contributed by atoms with van der Waals surface area (Å²) in [6.45, 7) is 2.25. The SMILES string of the molecule is CCCCCCCCCCCCCCCCC(c1nnc2n1N=CCS2)S(=O)(=O)[O-].[Na+]. The molecule has 10 heteroatoms. The first kappa shape index (κ1) is 29.1. The quantitative estimate of drug-likeness (QED) is 0.193. The fraction of sp³-hybridized carbons (Fsp3) is 0.857. The van der Waals surface area contributed by atoms with Crippen molar-refractivity contribution < 1.29 is 42.5 Å². The number of hydrogen-bond acceptors (Lipinski definition) is 7. The van der Waals surface area contributed by atoms with Gasteiger partial charge in [0.15, 0.2) is 5.82 Å². The second-order valence-electron chi connectivity index (χ2n) is 8.13. The van der Waals surface area contributed by atoms with Gasteiger partial charge in [0, 0.05) is 12.0 Å². The Hall–Kier alpha value is 0.0700. The van der Waals surface area contributed by atoms with Crippen molar-refractivity contribution in [2.45, 2.75) is 114 Å². The van der Waals surface area contributed by atoms with Crippen molar-refractivity contribution >= 4 is 28.1 Å². The van der Waals surface area contributed by atoms with E-state index in [2.05, 4.69) is 22.2 Å². The van der Waals surface area contributed by atoms with E-state index in [9.17, 15) is 13.0 Å². The van der Waals surface area contributed by atoms with Crippen LogP contribution in [0.15, 0.2) is 10.3 Å². The van der Waals surface area contributed by atoms with Crippen LogP contribution in [0.25, 0.3) is 0 Å². The molecule has 0 aliphatic carbocycles. The van der Waals surface area contributed by atoms with Crippen LogP contribution < -0.4 is 29.6 Å². The minimum atomic E-state index is -4.50. The van der Waals surface area contributed by atoms with Crippen LogP contribution in [0.1, 0.15) is 114 Å². The Morgan fingerprint density at radius 3 is 1.97 bits per heavy atom. The fourth-order valence-corrected chi connectivity index (χ4v) is 5.34. The molecule has 0 saturated heterocycles. The first-order valence-corrected chi connectivity index (χ1v) is 14.1. The number of aromatic nitrogens is 3. The second kappa shape index (κ2) is 16.6. The molecule has 0 fully saturated rings. The molecule has 2 rings (SSSR count). The number of hydrogen-bond donors (Lipinski definition) is 0. The van der Waals surface area contributed by atoms with Crippen molar-refractivity contribution in [1.29, 1.82) is 0 Å². The van der Waals surface area contributed by atoms with Crippen LogP contribution in [0, 0.1) is 0 Å². The molecule has 31 heavy (non-hydrogen) atoms. The third-order valence-electron chi connectivity index (χ3n) is 5.58. The van der Waals surface area contributed by atoms with Crippen LogP contribution in [0.2, 0.25) is 0 Å². The van der Waals surface area contributed by atoms with Crippen LogP contribution in [0.5, 0.6) is 0 Å². The second-order valence-corrected chi connectivity index (χ2v) is 10.7. The molecule has 1 aliphatic rings. The van der Waals surface area contributed by atoms with E-state index in [0.29, 0.717) is 17.3 Å². The maximum Gasteiger partial charge on any atom is 1.00 e. The summed E-state index contributed by atoms with van der Waals surface area (Å²) in [6.07, 6.45) is 19.2. The molecule has 1 aromatic rings. The molecule has 2 heterocycles. The topological polar surface area (TPSA) is 100 Å². The van der Waals surface area contributed by atoms with Crippen molar-refractivity contribution in [1.82, 2.24) is 14.9 Å². The molecule has 0 amide bonds. The zero-order chi connectivity index (χ0) is 21.7. The van der Waals surface area contributed by atoms with Crippen molar-refractivity contribution in [3.63, 3.8) is 0 Å². The molecule has 1 unspecified atom stereocenters. The van der Waals surface area contributed by atoms with Gasteiger partial charge in [-0.1, -0.05) is 109 Å². The molecule has 0 spiro atoms. The third kappa shape index (κ3) is 11.2. The van der Waals surface area contributed by atoms with Crippen LogP contribution in [0.3, 0.4) is 0 Å². The molecule has 1 aliphatic heterocycles. The van der Waals surface area contributed by atoms with Crippen molar-refractivity contribution in [2.75, 3.05) is 5.75 Å². The van der Waals surface area contributed by atoms with Gasteiger partial charge in [-0.05, 0) is 6.42 Å². The number of nitrogens with zero attached hydrogens (tertiary/aromatic N) is 4. The largest absolute Gasteiger partial charge is 1.00 e. The van der Waals surface area contributed by atoms with E-state index in [-0.39, 0.29) is 41.8 Å². The molecule has 0 aromatic carbocycles. The van der Waals surface area contributed by atoms with Gasteiger partial charge in [0.25, 0.3) is 0 Å². The van der Waals surface area contributed by atoms with E-state index >= 15 is 0 Å². The van der Waals surface area contributed by atoms with E-state index in [4.69, 9.17) is 0 Å². The molecule has 172 valence electrons. The smallest absolute Gasteiger partial charge is 0.747 e. The number of fused-ring (bicyclic) bond motifs is 1. The van der Waals surface area contributed by atoms with Crippen LogP contribution in [-0.2, 0) is 10.1 Å². The summed E-state index contributed by atoms with van der Waals surface area (Å²) in [4.78, 5) is 0. The van der Waals surface area contributed by atoms with E-state index in [1.54, 1.807) is 6.21 Å². The van der Waals surface area contributed by atoms with Gasteiger partial charge in [0.1, 0.15) is 15.4 Å². The van der Waals surface area contributed by atoms with Gasteiger partial charge in [-0.15, -0.1) is 10.2 Å². The fourth-order valence-electron chi connectivity index (χ4n) is 3.83. The molecule has 7 nitrogen and oxygen atoms in total. The minimum Gasteiger partial charge on any atom is -0.747 e. The number of unbranched alkanes of at least 4 members (excludes halogenated alkanes) is 13. The van der Waals surface area contributed by atoms with Crippen LogP contribution >= 0.6 is 11.8 Å². The number of thioether (sulfide) groups is 1. The summed E-state index contributed by atoms with van der Waals surface area (Å²) in [5.74, 6) is 0.824. The maximum atomic E-state index is 11.8. The molecule has 0 saturated carbocycles. The molecule has 1 aromatic heterocycles. The summed E-state index contributed by atoms with van der Waals surface area (Å²) in [7, 11) is -4.50. The minimum absolute atomic E-state index is 0. The summed E-state index contributed by atoms with van der Waals surface area (Å²) >= 11 is 1.43. The van der Waals surface area contributed by atoms with Crippen LogP contribution in [-0.4, -0.2) is 39.8 Å². The van der Waals surface area contributed by atoms with Crippen molar-refractivity contribution in [3.8, 4) is 0 Å². The standard InChI is InChI=1S/C21H38N4O3S2.Na/c1-2-3-4-5-6-7-8-9-10-11-12-13-14-15-16-19(30(26,27)28)20-23-24-21-25(20)22-17-18-29-21;/h17,19H,2-16,18H2,1H3,(H,26,27,28);/q;+1/p-1. The van der Waals surface area contributed by atoms with Crippen molar-refractivity contribution in [2.24, 2.45) is 5.10 Å². The van der Waals surface area contributed by atoms with E-state index in [0.717, 1.165) is 12.8 Å². The summed E-state index contributed by atoms with van der Waals surface area (Å²) in [6, 6.07) is 0. The van der Waals surface area contributed by atoms with E-state index in [1.165, 1.54) is 87.1 Å². The molecule has 0 bridgehead atoms. The van der Waals surface area contributed by atoms with Gasteiger partial charge in [-0.25, -0.2) is 8.42 Å². The summed E-state index contributed by atoms with van der Waals surface area (Å²) < 4.78 is 36.8. The molecular weight excluding hydrogens is 443 g/mol. The van der Waals surface area contributed by atoms with Gasteiger partial charge in [-0.3, -0.25) is 0 Å². The Bertz CT molecular complexity index is 741. The zero-order valence-corrected chi connectivity index (χ0v) is 22.9. The Balaban J connectivity index is 0.00000480. The molecule has 0 N–H and O–H groups in total. The van der Waals surface area contributed by atoms with E-state index < -0.39 is 15.4 Å². The average Bonchev–Trinajstić information content (AvgIpc) is 3.14. The Morgan fingerprint density at radius 2 is 1.45 bits per heavy atom. The number of rotatable bonds is 17. The molecular formula is C21H37N4NaO3S2. The monoisotopic (exact) mass is 480 g/mol. The normalized spacial score (nSPS) is 14.3. The van der Waals surface area contributed by atoms with Gasteiger partial charge in [-0.2, -0.15) is 9.78 Å². The first-order valence-electron chi connectivity index (χ1n) is 11.6. The predicted octanol–water partition coefficient (Wildman–Crippen LogP) is 2.68. The van der Waals surface area contributed by atoms with Crippen LogP contribution in [0.4, 0.5) is 0 Å². The molecule has 1 atom stereocenters. The summed E-state index contributed by atoms with van der Waals surface area (Å²) in [5, 5.41) is 11.4. The Labute approximate surface area is 214 Å². The summed E-state index contributed by atoms with van der Waals surface area (Å²) in [5.41, 5.74) is 0. The van der Waals surface area contributed by atoms with Gasteiger partial charge >= 0.3 is 29.6 Å². The first-order chi connectivity index (χ1) is 14.5. The van der Waals surface area contributed by atoms with Crippen molar-refractivity contribution in [3.05, 3.63) is 5.82 Å². The van der Waals surface area contributed by atoms with Gasteiger partial charge in [0.2, 0.25) is 5.16 Å².